The third kappa shape index (κ3) is 3.61. The van der Waals surface area contributed by atoms with Crippen molar-refractivity contribution in [3.8, 4) is 0 Å². The van der Waals surface area contributed by atoms with E-state index in [1.807, 2.05) is 13.0 Å². The quantitative estimate of drug-likeness (QED) is 0.910. The maximum atomic E-state index is 13.2. The molecule has 0 fully saturated rings. The molecule has 1 atom stereocenters. The van der Waals surface area contributed by atoms with Crippen molar-refractivity contribution in [1.82, 2.24) is 4.98 Å². The Labute approximate surface area is 120 Å². The van der Waals surface area contributed by atoms with Crippen LogP contribution < -0.4 is 11.1 Å². The highest BCUT2D eigenvalue weighted by atomic mass is 32.1. The lowest BCUT2D eigenvalue weighted by Gasteiger charge is -2.03. The van der Waals surface area contributed by atoms with Gasteiger partial charge in [-0.2, -0.15) is 0 Å². The van der Waals surface area contributed by atoms with Crippen LogP contribution in [0.1, 0.15) is 23.1 Å². The minimum absolute atomic E-state index is 0.254. The Kier molecular flexibility index (Phi) is 4.46. The molecule has 0 saturated carbocycles. The standard InChI is InChI=1S/C14H16FN3OS/c1-8(16)13(19)18-14-17-9(2)12(20-14)7-10-4-3-5-11(15)6-10/h3-6,8H,7,16H2,1-2H3,(H,17,18,19)/t8-/m1/s1. The summed E-state index contributed by atoms with van der Waals surface area (Å²) in [4.78, 5) is 16.8. The number of carbonyl (C=O) groups excluding carboxylic acids is 1. The van der Waals surface area contributed by atoms with Crippen molar-refractivity contribution in [1.29, 1.82) is 0 Å². The highest BCUT2D eigenvalue weighted by Gasteiger charge is 2.13. The Morgan fingerprint density at radius 3 is 2.95 bits per heavy atom. The third-order valence-corrected chi connectivity index (χ3v) is 3.86. The second kappa shape index (κ2) is 6.11. The van der Waals surface area contributed by atoms with Gasteiger partial charge in [-0.25, -0.2) is 9.37 Å². The van der Waals surface area contributed by atoms with Crippen molar-refractivity contribution in [2.45, 2.75) is 26.3 Å². The van der Waals surface area contributed by atoms with Gasteiger partial charge in [0.15, 0.2) is 5.13 Å². The van der Waals surface area contributed by atoms with E-state index in [-0.39, 0.29) is 11.7 Å². The van der Waals surface area contributed by atoms with Gasteiger partial charge in [-0.3, -0.25) is 4.79 Å². The number of hydrogen-bond donors (Lipinski definition) is 2. The second-order valence-corrected chi connectivity index (χ2v) is 5.70. The van der Waals surface area contributed by atoms with E-state index in [0.29, 0.717) is 11.6 Å². The molecular weight excluding hydrogens is 277 g/mol. The van der Waals surface area contributed by atoms with Crippen LogP contribution in [0.25, 0.3) is 0 Å². The minimum atomic E-state index is -0.578. The van der Waals surface area contributed by atoms with Crippen LogP contribution in [0.4, 0.5) is 9.52 Å². The summed E-state index contributed by atoms with van der Waals surface area (Å²) in [5, 5.41) is 3.19. The van der Waals surface area contributed by atoms with Gasteiger partial charge in [-0.1, -0.05) is 12.1 Å². The van der Waals surface area contributed by atoms with E-state index in [1.165, 1.54) is 23.5 Å². The number of carbonyl (C=O) groups is 1. The van der Waals surface area contributed by atoms with Gasteiger partial charge in [-0.15, -0.1) is 11.3 Å². The molecule has 0 bridgehead atoms. The van der Waals surface area contributed by atoms with E-state index in [1.54, 1.807) is 13.0 Å². The van der Waals surface area contributed by atoms with Gasteiger partial charge in [-0.05, 0) is 31.5 Å². The Balaban J connectivity index is 2.13. The van der Waals surface area contributed by atoms with Gasteiger partial charge >= 0.3 is 0 Å². The van der Waals surface area contributed by atoms with Crippen molar-refractivity contribution < 1.29 is 9.18 Å². The average Bonchev–Trinajstić information content (AvgIpc) is 2.69. The summed E-state index contributed by atoms with van der Waals surface area (Å²) in [7, 11) is 0. The summed E-state index contributed by atoms with van der Waals surface area (Å²) in [5.74, 6) is -0.522. The molecule has 0 saturated heterocycles. The molecule has 2 rings (SSSR count). The molecule has 2 aromatic rings. The Morgan fingerprint density at radius 1 is 1.55 bits per heavy atom. The lowest BCUT2D eigenvalue weighted by Crippen LogP contribution is -2.32. The van der Waals surface area contributed by atoms with Gasteiger partial charge in [0.05, 0.1) is 11.7 Å². The molecular formula is C14H16FN3OS. The number of nitrogens with one attached hydrogen (secondary N) is 1. The van der Waals surface area contributed by atoms with Crippen LogP contribution in [0.3, 0.4) is 0 Å². The van der Waals surface area contributed by atoms with E-state index in [0.717, 1.165) is 16.1 Å². The monoisotopic (exact) mass is 293 g/mol. The number of nitrogens with zero attached hydrogens (tertiary/aromatic N) is 1. The summed E-state index contributed by atoms with van der Waals surface area (Å²) >= 11 is 1.38. The molecule has 1 amide bonds. The number of aromatic nitrogens is 1. The maximum absolute atomic E-state index is 13.2. The number of thiazole rings is 1. The molecule has 106 valence electrons. The Bertz CT molecular complexity index is 625. The van der Waals surface area contributed by atoms with Crippen molar-refractivity contribution in [2.75, 3.05) is 5.32 Å². The van der Waals surface area contributed by atoms with E-state index < -0.39 is 6.04 Å². The summed E-state index contributed by atoms with van der Waals surface area (Å²) in [6.07, 6.45) is 0.593. The van der Waals surface area contributed by atoms with Gasteiger partial charge in [0.1, 0.15) is 5.82 Å². The largest absolute Gasteiger partial charge is 0.320 e. The highest BCUT2D eigenvalue weighted by molar-refractivity contribution is 7.15. The number of hydrogen-bond acceptors (Lipinski definition) is 4. The van der Waals surface area contributed by atoms with E-state index in [2.05, 4.69) is 10.3 Å². The van der Waals surface area contributed by atoms with Crippen molar-refractivity contribution in [3.63, 3.8) is 0 Å². The fourth-order valence-electron chi connectivity index (χ4n) is 1.70. The van der Waals surface area contributed by atoms with Gasteiger partial charge in [0.25, 0.3) is 0 Å². The predicted molar refractivity (Wildman–Crippen MR) is 78.3 cm³/mol. The number of anilines is 1. The topological polar surface area (TPSA) is 68.0 Å². The fraction of sp³-hybridized carbons (Fsp3) is 0.286. The zero-order chi connectivity index (χ0) is 14.7. The third-order valence-electron chi connectivity index (χ3n) is 2.79. The summed E-state index contributed by atoms with van der Waals surface area (Å²) in [6.45, 7) is 3.48. The highest BCUT2D eigenvalue weighted by Crippen LogP contribution is 2.25. The first-order chi connectivity index (χ1) is 9.45. The maximum Gasteiger partial charge on any atom is 0.242 e. The van der Waals surface area contributed by atoms with Crippen LogP contribution in [0.5, 0.6) is 0 Å². The van der Waals surface area contributed by atoms with Crippen molar-refractivity contribution >= 4 is 22.4 Å². The molecule has 0 radical (unpaired) electrons. The first-order valence-electron chi connectivity index (χ1n) is 6.23. The molecule has 6 heteroatoms. The number of benzene rings is 1. The zero-order valence-electron chi connectivity index (χ0n) is 11.3. The fourth-order valence-corrected chi connectivity index (χ4v) is 2.70. The number of amides is 1. The molecule has 1 aromatic heterocycles. The normalized spacial score (nSPS) is 12.2. The molecule has 0 unspecified atom stereocenters. The van der Waals surface area contributed by atoms with Crippen LogP contribution >= 0.6 is 11.3 Å². The molecule has 0 aliphatic heterocycles. The summed E-state index contributed by atoms with van der Waals surface area (Å²) < 4.78 is 13.2. The Morgan fingerprint density at radius 2 is 2.30 bits per heavy atom. The lowest BCUT2D eigenvalue weighted by atomic mass is 10.1. The van der Waals surface area contributed by atoms with Gasteiger partial charge in [0, 0.05) is 11.3 Å². The molecule has 3 N–H and O–H groups in total. The van der Waals surface area contributed by atoms with Crippen LogP contribution in [-0.2, 0) is 11.2 Å². The molecule has 0 spiro atoms. The number of aryl methyl sites for hydroxylation is 1. The van der Waals surface area contributed by atoms with E-state index >= 15 is 0 Å². The molecule has 1 heterocycles. The van der Waals surface area contributed by atoms with Crippen LogP contribution in [0, 0.1) is 12.7 Å². The Hall–Kier alpha value is -1.79. The first-order valence-corrected chi connectivity index (χ1v) is 7.04. The molecule has 1 aromatic carbocycles. The lowest BCUT2D eigenvalue weighted by molar-refractivity contribution is -0.117. The van der Waals surface area contributed by atoms with Crippen LogP contribution in [0.2, 0.25) is 0 Å². The van der Waals surface area contributed by atoms with Crippen molar-refractivity contribution in [3.05, 3.63) is 46.2 Å². The van der Waals surface area contributed by atoms with Crippen molar-refractivity contribution in [2.24, 2.45) is 5.73 Å². The zero-order valence-corrected chi connectivity index (χ0v) is 12.1. The number of halogens is 1. The predicted octanol–water partition coefficient (Wildman–Crippen LogP) is 2.47. The SMILES string of the molecule is Cc1nc(NC(=O)[C@@H](C)N)sc1Cc1cccc(F)c1. The average molecular weight is 293 g/mol. The molecule has 0 aliphatic carbocycles. The first kappa shape index (κ1) is 14.6. The molecule has 20 heavy (non-hydrogen) atoms. The number of rotatable bonds is 4. The molecule has 0 aliphatic rings. The number of nitrogens with two attached hydrogens (primary N) is 1. The van der Waals surface area contributed by atoms with E-state index in [9.17, 15) is 9.18 Å². The van der Waals surface area contributed by atoms with Gasteiger partial charge < -0.3 is 11.1 Å². The second-order valence-electron chi connectivity index (χ2n) is 4.61. The van der Waals surface area contributed by atoms with Crippen LogP contribution in [0.15, 0.2) is 24.3 Å². The summed E-state index contributed by atoms with van der Waals surface area (Å²) in [6, 6.07) is 5.88. The minimum Gasteiger partial charge on any atom is -0.320 e. The van der Waals surface area contributed by atoms with Gasteiger partial charge in [0.2, 0.25) is 5.91 Å². The van der Waals surface area contributed by atoms with E-state index in [4.69, 9.17) is 5.73 Å². The summed E-state index contributed by atoms with van der Waals surface area (Å²) in [5.41, 5.74) is 7.20. The molecule has 4 nitrogen and oxygen atoms in total. The van der Waals surface area contributed by atoms with Crippen LogP contribution in [-0.4, -0.2) is 16.9 Å². The smallest absolute Gasteiger partial charge is 0.242 e.